The third-order valence-electron chi connectivity index (χ3n) is 6.18. The van der Waals surface area contributed by atoms with E-state index in [0.29, 0.717) is 28.5 Å². The molecule has 2 amide bonds. The number of halogens is 1. The Hall–Kier alpha value is -3.38. The lowest BCUT2D eigenvalue weighted by Crippen LogP contribution is -2.28. The van der Waals surface area contributed by atoms with Crippen molar-refractivity contribution < 1.29 is 9.59 Å². The molecule has 2 heterocycles. The van der Waals surface area contributed by atoms with Crippen molar-refractivity contribution in [2.45, 2.75) is 40.2 Å². The zero-order valence-corrected chi connectivity index (χ0v) is 20.5. The number of benzene rings is 2. The molecule has 1 fully saturated rings. The fraction of sp³-hybridized carbons (Fsp3) is 0.296. The molecule has 0 bridgehead atoms. The second kappa shape index (κ2) is 10.3. The highest BCUT2D eigenvalue weighted by Gasteiger charge is 2.22. The third kappa shape index (κ3) is 5.23. The molecule has 34 heavy (non-hydrogen) atoms. The quantitative estimate of drug-likeness (QED) is 0.484. The van der Waals surface area contributed by atoms with Crippen LogP contribution in [0.3, 0.4) is 0 Å². The van der Waals surface area contributed by atoms with E-state index < -0.39 is 0 Å². The van der Waals surface area contributed by atoms with Crippen molar-refractivity contribution in [2.24, 2.45) is 0 Å². The Kier molecular flexibility index (Phi) is 7.17. The molecule has 6 nitrogen and oxygen atoms in total. The SMILES string of the molecule is Cc1ccc(Cn2nc(C)c(/C=C/C(=O)Nc3cccc(C(=O)N4CCCC4)c3C)c2Cl)cc1. The van der Waals surface area contributed by atoms with Gasteiger partial charge in [0, 0.05) is 36.0 Å². The summed E-state index contributed by atoms with van der Waals surface area (Å²) in [6, 6.07) is 13.6. The van der Waals surface area contributed by atoms with E-state index >= 15 is 0 Å². The first-order valence-corrected chi connectivity index (χ1v) is 11.9. The number of rotatable bonds is 6. The number of carbonyl (C=O) groups excluding carboxylic acids is 2. The van der Waals surface area contributed by atoms with Crippen LogP contribution in [0, 0.1) is 20.8 Å². The van der Waals surface area contributed by atoms with Crippen LogP contribution in [0.5, 0.6) is 0 Å². The number of amides is 2. The van der Waals surface area contributed by atoms with Gasteiger partial charge < -0.3 is 10.2 Å². The molecule has 1 aliphatic heterocycles. The Labute approximate surface area is 205 Å². The van der Waals surface area contributed by atoms with E-state index in [1.54, 1.807) is 22.9 Å². The Morgan fingerprint density at radius 3 is 2.47 bits per heavy atom. The zero-order valence-electron chi connectivity index (χ0n) is 19.8. The van der Waals surface area contributed by atoms with Crippen molar-refractivity contribution in [3.63, 3.8) is 0 Å². The Bertz CT molecular complexity index is 1240. The van der Waals surface area contributed by atoms with Crippen molar-refractivity contribution in [3.8, 4) is 0 Å². The molecule has 0 aliphatic carbocycles. The molecule has 3 aromatic rings. The normalized spacial score (nSPS) is 13.6. The summed E-state index contributed by atoms with van der Waals surface area (Å²) in [5.74, 6) is -0.277. The molecule has 4 rings (SSSR count). The number of aromatic nitrogens is 2. The number of hydrogen-bond donors (Lipinski definition) is 1. The van der Waals surface area contributed by atoms with E-state index in [9.17, 15) is 9.59 Å². The summed E-state index contributed by atoms with van der Waals surface area (Å²) in [5.41, 5.74) is 5.76. The van der Waals surface area contributed by atoms with Crippen LogP contribution in [0.1, 0.15) is 51.1 Å². The van der Waals surface area contributed by atoms with Crippen molar-refractivity contribution in [1.82, 2.24) is 14.7 Å². The molecule has 7 heteroatoms. The average molecular weight is 477 g/mol. The molecule has 1 N–H and O–H groups in total. The number of carbonyl (C=O) groups is 2. The van der Waals surface area contributed by atoms with Crippen LogP contribution in [0.2, 0.25) is 5.15 Å². The van der Waals surface area contributed by atoms with Gasteiger partial charge in [-0.15, -0.1) is 0 Å². The molecule has 0 saturated carbocycles. The molecule has 0 spiro atoms. The second-order valence-electron chi connectivity index (χ2n) is 8.73. The summed E-state index contributed by atoms with van der Waals surface area (Å²) in [4.78, 5) is 27.3. The van der Waals surface area contributed by atoms with Crippen molar-refractivity contribution in [2.75, 3.05) is 18.4 Å². The highest BCUT2D eigenvalue weighted by molar-refractivity contribution is 6.31. The van der Waals surface area contributed by atoms with Crippen LogP contribution in [0.4, 0.5) is 5.69 Å². The average Bonchev–Trinajstić information content (AvgIpc) is 3.44. The fourth-order valence-corrected chi connectivity index (χ4v) is 4.45. The summed E-state index contributed by atoms with van der Waals surface area (Å²) in [6.07, 6.45) is 5.20. The summed E-state index contributed by atoms with van der Waals surface area (Å²) < 4.78 is 1.73. The largest absolute Gasteiger partial charge is 0.339 e. The van der Waals surface area contributed by atoms with Crippen LogP contribution in [0.25, 0.3) is 6.08 Å². The van der Waals surface area contributed by atoms with E-state index in [0.717, 1.165) is 42.8 Å². The summed E-state index contributed by atoms with van der Waals surface area (Å²) in [5, 5.41) is 7.91. The molecule has 0 radical (unpaired) electrons. The van der Waals surface area contributed by atoms with Gasteiger partial charge in [0.15, 0.2) is 0 Å². The first kappa shape index (κ1) is 23.8. The first-order valence-electron chi connectivity index (χ1n) is 11.5. The number of nitrogens with one attached hydrogen (secondary N) is 1. The van der Waals surface area contributed by atoms with Gasteiger partial charge in [0.1, 0.15) is 5.15 Å². The van der Waals surface area contributed by atoms with Gasteiger partial charge in [-0.05, 0) is 62.9 Å². The topological polar surface area (TPSA) is 67.2 Å². The fourth-order valence-electron chi connectivity index (χ4n) is 4.15. The first-order chi connectivity index (χ1) is 16.3. The standard InChI is InChI=1S/C27H29ClN4O2/c1-18-9-11-21(12-10-18)17-32-26(28)23(20(3)30-32)13-14-25(33)29-24-8-6-7-22(19(24)2)27(34)31-15-4-5-16-31/h6-14H,4-5,15-17H2,1-3H3,(H,29,33)/b14-13+. The molecule has 0 atom stereocenters. The predicted octanol–water partition coefficient (Wildman–Crippen LogP) is 5.40. The van der Waals surface area contributed by atoms with Gasteiger partial charge in [-0.3, -0.25) is 9.59 Å². The highest BCUT2D eigenvalue weighted by atomic mass is 35.5. The molecule has 176 valence electrons. The summed E-state index contributed by atoms with van der Waals surface area (Å²) >= 11 is 6.57. The maximum absolute atomic E-state index is 12.8. The second-order valence-corrected chi connectivity index (χ2v) is 9.09. The summed E-state index contributed by atoms with van der Waals surface area (Å²) in [7, 11) is 0. The Morgan fingerprint density at radius 2 is 1.76 bits per heavy atom. The van der Waals surface area contributed by atoms with Crippen LogP contribution in [-0.2, 0) is 11.3 Å². The number of likely N-dealkylation sites (tertiary alicyclic amines) is 1. The molecular formula is C27H29ClN4O2. The van der Waals surface area contributed by atoms with Gasteiger partial charge in [0.25, 0.3) is 5.91 Å². The lowest BCUT2D eigenvalue weighted by atomic mass is 10.1. The number of hydrogen-bond acceptors (Lipinski definition) is 3. The van der Waals surface area contributed by atoms with E-state index in [1.165, 1.54) is 11.6 Å². The van der Waals surface area contributed by atoms with Crippen molar-refractivity contribution >= 4 is 35.2 Å². The van der Waals surface area contributed by atoms with E-state index in [4.69, 9.17) is 11.6 Å². The van der Waals surface area contributed by atoms with Crippen LogP contribution < -0.4 is 5.32 Å². The van der Waals surface area contributed by atoms with Crippen molar-refractivity contribution in [1.29, 1.82) is 0 Å². The molecule has 0 unspecified atom stereocenters. The van der Waals surface area contributed by atoms with Crippen LogP contribution in [0.15, 0.2) is 48.5 Å². The minimum Gasteiger partial charge on any atom is -0.339 e. The van der Waals surface area contributed by atoms with E-state index in [1.807, 2.05) is 31.7 Å². The highest BCUT2D eigenvalue weighted by Crippen LogP contribution is 2.24. The molecule has 1 aromatic heterocycles. The zero-order chi connectivity index (χ0) is 24.2. The number of nitrogens with zero attached hydrogens (tertiary/aromatic N) is 3. The third-order valence-corrected chi connectivity index (χ3v) is 6.58. The van der Waals surface area contributed by atoms with Gasteiger partial charge in [-0.1, -0.05) is 47.5 Å². The van der Waals surface area contributed by atoms with Gasteiger partial charge in [0.05, 0.1) is 12.2 Å². The maximum atomic E-state index is 12.8. The molecule has 2 aromatic carbocycles. The van der Waals surface area contributed by atoms with Gasteiger partial charge in [0.2, 0.25) is 5.91 Å². The van der Waals surface area contributed by atoms with Gasteiger partial charge in [-0.25, -0.2) is 4.68 Å². The molecule has 1 aliphatic rings. The van der Waals surface area contributed by atoms with Gasteiger partial charge >= 0.3 is 0 Å². The lowest BCUT2D eigenvalue weighted by Gasteiger charge is -2.18. The summed E-state index contributed by atoms with van der Waals surface area (Å²) in [6.45, 7) is 7.90. The Balaban J connectivity index is 1.46. The molecule has 1 saturated heterocycles. The number of aryl methyl sites for hydroxylation is 2. The predicted molar refractivity (Wildman–Crippen MR) is 136 cm³/mol. The van der Waals surface area contributed by atoms with E-state index in [-0.39, 0.29) is 11.8 Å². The minimum absolute atomic E-state index is 0.0186. The Morgan fingerprint density at radius 1 is 1.06 bits per heavy atom. The van der Waals surface area contributed by atoms with Crippen LogP contribution in [-0.4, -0.2) is 39.6 Å². The van der Waals surface area contributed by atoms with Crippen LogP contribution >= 0.6 is 11.6 Å². The van der Waals surface area contributed by atoms with Gasteiger partial charge in [-0.2, -0.15) is 5.10 Å². The minimum atomic E-state index is -0.296. The lowest BCUT2D eigenvalue weighted by molar-refractivity contribution is -0.111. The maximum Gasteiger partial charge on any atom is 0.254 e. The number of anilines is 1. The van der Waals surface area contributed by atoms with Crippen molar-refractivity contribution in [3.05, 3.63) is 87.2 Å². The smallest absolute Gasteiger partial charge is 0.254 e. The molecular weight excluding hydrogens is 448 g/mol. The van der Waals surface area contributed by atoms with E-state index in [2.05, 4.69) is 34.7 Å². The monoisotopic (exact) mass is 476 g/mol.